The van der Waals surface area contributed by atoms with Crippen LogP contribution in [0.3, 0.4) is 0 Å². The average molecular weight is 680 g/mol. The monoisotopic (exact) mass is 679 g/mol. The molecule has 0 aliphatic carbocycles. The maximum atomic E-state index is 10.9. The minimum atomic E-state index is -1.72. The van der Waals surface area contributed by atoms with Crippen LogP contribution in [0.2, 0.25) is 0 Å². The van der Waals surface area contributed by atoms with Crippen molar-refractivity contribution in [2.24, 2.45) is 9.98 Å². The molecule has 10 N–H and O–H groups in total. The molecule has 8 atom stereocenters. The van der Waals surface area contributed by atoms with Crippen LogP contribution in [0.15, 0.2) is 58.5 Å². The summed E-state index contributed by atoms with van der Waals surface area (Å²) in [5.74, 6) is -2.79. The van der Waals surface area contributed by atoms with E-state index in [1.165, 1.54) is 48.8 Å². The summed E-state index contributed by atoms with van der Waals surface area (Å²) >= 11 is 0. The van der Waals surface area contributed by atoms with Gasteiger partial charge in [-0.25, -0.2) is 0 Å². The Morgan fingerprint density at radius 3 is 1.16 bits per heavy atom. The van der Waals surface area contributed by atoms with E-state index in [-0.39, 0.29) is 52.4 Å². The third kappa shape index (κ3) is 13.8. The molecule has 0 aliphatic heterocycles. The summed E-state index contributed by atoms with van der Waals surface area (Å²) in [6, 6.07) is 11.7. The number of carboxylic acids is 2. The summed E-state index contributed by atoms with van der Waals surface area (Å²) in [6.45, 7) is -1.53. The van der Waals surface area contributed by atoms with Gasteiger partial charge >= 0.3 is 17.1 Å². The number of carboxylic acid groups (broad SMARTS) is 2. The van der Waals surface area contributed by atoms with Crippen molar-refractivity contribution < 1.29 is 87.9 Å². The Bertz CT molecular complexity index is 1140. The zero-order chi connectivity index (χ0) is 33.4. The van der Waals surface area contributed by atoms with Crippen molar-refractivity contribution in [2.45, 2.75) is 61.7 Å². The van der Waals surface area contributed by atoms with Crippen LogP contribution in [0.4, 0.5) is 11.4 Å². The van der Waals surface area contributed by atoms with E-state index in [1.54, 1.807) is 12.1 Å². The first-order valence-corrected chi connectivity index (χ1v) is 13.1. The third-order valence-corrected chi connectivity index (χ3v) is 6.05. The van der Waals surface area contributed by atoms with E-state index in [4.69, 9.17) is 20.4 Å². The van der Waals surface area contributed by atoms with Gasteiger partial charge in [0.2, 0.25) is 0 Å². The van der Waals surface area contributed by atoms with Gasteiger partial charge in [0.25, 0.3) is 0 Å². The molecule has 0 saturated heterocycles. The minimum absolute atomic E-state index is 0. The zero-order valence-corrected chi connectivity index (χ0v) is 24.8. The van der Waals surface area contributed by atoms with Crippen LogP contribution >= 0.6 is 0 Å². The van der Waals surface area contributed by atoms with Gasteiger partial charge in [0.15, 0.2) is 0 Å². The molecule has 0 unspecified atom stereocenters. The van der Waals surface area contributed by atoms with Crippen LogP contribution in [-0.2, 0) is 17.1 Å². The molecule has 0 heterocycles. The Morgan fingerprint density at radius 2 is 0.867 bits per heavy atom. The third-order valence-electron chi connectivity index (χ3n) is 6.05. The van der Waals surface area contributed by atoms with Crippen molar-refractivity contribution in [3.8, 4) is 0 Å². The summed E-state index contributed by atoms with van der Waals surface area (Å²) in [5.41, 5.74) is 0.00862. The maximum absolute atomic E-state index is 10.9. The molecule has 0 spiro atoms. The van der Waals surface area contributed by atoms with Crippen LogP contribution in [0, 0.1) is 0 Å². The first-order valence-electron chi connectivity index (χ1n) is 13.1. The molecule has 0 bridgehead atoms. The molecular weight excluding hydrogens is 643 g/mol. The molecule has 0 saturated carbocycles. The Morgan fingerprint density at radius 1 is 0.578 bits per heavy atom. The topological polar surface area (TPSA) is 307 Å². The van der Waals surface area contributed by atoms with E-state index < -0.39 is 74.0 Å². The number of benzene rings is 2. The number of aliphatic hydroxyl groups is 10. The second kappa shape index (κ2) is 21.6. The molecule has 249 valence electrons. The second-order valence-corrected chi connectivity index (χ2v) is 9.30. The van der Waals surface area contributed by atoms with Gasteiger partial charge in [-0.3, -0.25) is 9.98 Å². The Kier molecular flexibility index (Phi) is 20.0. The average Bonchev–Trinajstić information content (AvgIpc) is 3.02. The fraction of sp³-hybridized carbons (Fsp3) is 0.429. The molecule has 16 nitrogen and oxygen atoms in total. The first-order chi connectivity index (χ1) is 20.8. The van der Waals surface area contributed by atoms with Gasteiger partial charge in [-0.2, -0.15) is 0 Å². The van der Waals surface area contributed by atoms with E-state index in [1.807, 2.05) is 0 Å². The number of aliphatic hydroxyl groups excluding tert-OH is 10. The fourth-order valence-corrected chi connectivity index (χ4v) is 3.44. The number of carbonyl (C=O) groups is 2. The number of hydrogen-bond acceptors (Lipinski definition) is 16. The molecule has 0 aliphatic rings. The quantitative estimate of drug-likeness (QED) is 0.0588. The van der Waals surface area contributed by atoms with Gasteiger partial charge in [-0.1, -0.05) is 36.4 Å². The van der Waals surface area contributed by atoms with Gasteiger partial charge < -0.3 is 70.9 Å². The molecule has 17 heteroatoms. The molecule has 45 heavy (non-hydrogen) atoms. The number of carbonyl (C=O) groups excluding carboxylic acids is 2. The molecule has 1 radical (unpaired) electrons. The number of aromatic carboxylic acids is 2. The predicted molar refractivity (Wildman–Crippen MR) is 149 cm³/mol. The van der Waals surface area contributed by atoms with E-state index in [0.29, 0.717) is 0 Å². The molecule has 0 aromatic heterocycles. The number of nitrogens with zero attached hydrogens (tertiary/aromatic N) is 2. The standard InChI is InChI=1S/2C14H19NO7.Mn/c2*16-7-11(18)13(20)12(19)10(17)5-6-15-9-4-2-1-3-8(9)14(21)22;/h2*1-4,6,10-13,16-20H,5,7H2,(H,21,22);/q;;+2/p-2/t2*10-,11+,12+,13-;/m00./s1. The molecule has 2 rings (SSSR count). The number of para-hydroxylation sites is 2. The van der Waals surface area contributed by atoms with E-state index in [9.17, 15) is 50.4 Å². The summed E-state index contributed by atoms with van der Waals surface area (Å²) in [7, 11) is 0. The van der Waals surface area contributed by atoms with E-state index in [0.717, 1.165) is 0 Å². The Labute approximate surface area is 268 Å². The van der Waals surface area contributed by atoms with Gasteiger partial charge in [0.1, 0.15) is 36.6 Å². The zero-order valence-electron chi connectivity index (χ0n) is 23.6. The van der Waals surface area contributed by atoms with Crippen molar-refractivity contribution in [1.82, 2.24) is 0 Å². The molecule has 0 amide bonds. The van der Waals surface area contributed by atoms with Crippen LogP contribution in [0.1, 0.15) is 33.6 Å². The normalized spacial score (nSPS) is 16.8. The van der Waals surface area contributed by atoms with Crippen LogP contribution in [-0.4, -0.2) is 137 Å². The maximum Gasteiger partial charge on any atom is 2.00 e. The smallest absolute Gasteiger partial charge is 0.545 e. The van der Waals surface area contributed by atoms with Gasteiger partial charge in [-0.05, 0) is 12.1 Å². The van der Waals surface area contributed by atoms with Crippen LogP contribution in [0.5, 0.6) is 0 Å². The van der Waals surface area contributed by atoms with Gasteiger partial charge in [0, 0.05) is 36.4 Å². The number of rotatable bonds is 16. The van der Waals surface area contributed by atoms with E-state index >= 15 is 0 Å². The molecule has 2 aromatic rings. The SMILES string of the molecule is O=C([O-])c1ccccc1N=CC[C@H](O)[C@@H](O)[C@@H](O)[C@H](O)CO.O=C([O-])c1ccccc1N=CC[C@H](O)[C@@H](O)[C@@H](O)[C@H](O)CO.[Mn+2]. The largest absolute Gasteiger partial charge is 2.00 e. The van der Waals surface area contributed by atoms with Crippen LogP contribution < -0.4 is 10.2 Å². The second-order valence-electron chi connectivity index (χ2n) is 9.30. The van der Waals surface area contributed by atoms with E-state index in [2.05, 4.69) is 9.98 Å². The van der Waals surface area contributed by atoms with Crippen molar-refractivity contribution in [3.63, 3.8) is 0 Å². The van der Waals surface area contributed by atoms with Crippen molar-refractivity contribution in [3.05, 3.63) is 59.7 Å². The van der Waals surface area contributed by atoms with Gasteiger partial charge in [0.05, 0.1) is 48.7 Å². The molecule has 2 aromatic carbocycles. The van der Waals surface area contributed by atoms with Gasteiger partial charge in [-0.15, -0.1) is 0 Å². The summed E-state index contributed by atoms with van der Waals surface area (Å²) < 4.78 is 0. The number of aliphatic imine (C=N–C) groups is 2. The summed E-state index contributed by atoms with van der Waals surface area (Å²) in [6.07, 6.45) is -10.9. The van der Waals surface area contributed by atoms with Crippen molar-refractivity contribution in [2.75, 3.05) is 13.2 Å². The Balaban J connectivity index is 0.000000842. The predicted octanol–water partition coefficient (Wildman–Crippen LogP) is -4.85. The van der Waals surface area contributed by atoms with Crippen molar-refractivity contribution >= 4 is 35.7 Å². The molecule has 0 fully saturated rings. The summed E-state index contributed by atoms with van der Waals surface area (Å²) in [4.78, 5) is 29.5. The Hall–Kier alpha value is -3.16. The minimum Gasteiger partial charge on any atom is -0.545 e. The van der Waals surface area contributed by atoms with Crippen LogP contribution in [0.25, 0.3) is 0 Å². The first kappa shape index (κ1) is 41.8. The molecular formula is C28H36MnN2O14. The fourth-order valence-electron chi connectivity index (χ4n) is 3.44. The van der Waals surface area contributed by atoms with Crippen molar-refractivity contribution in [1.29, 1.82) is 0 Å². The summed E-state index contributed by atoms with van der Waals surface area (Å²) in [5, 5.41) is 115. The number of hydrogen-bond donors (Lipinski definition) is 10.